The summed E-state index contributed by atoms with van der Waals surface area (Å²) in [4.78, 5) is 0. The van der Waals surface area contributed by atoms with Gasteiger partial charge in [0.2, 0.25) is 11.4 Å². The Bertz CT molecular complexity index is 1620. The fourth-order valence-corrected chi connectivity index (χ4v) is 11.6. The van der Waals surface area contributed by atoms with Gasteiger partial charge in [0.25, 0.3) is 0 Å². The number of rotatable bonds is 48. The molecule has 0 unspecified atom stereocenters. The third-order valence-corrected chi connectivity index (χ3v) is 16.5. The van der Waals surface area contributed by atoms with Crippen LogP contribution in [0.1, 0.15) is 327 Å². The number of aryl methyl sites for hydroxylation is 2. The van der Waals surface area contributed by atoms with Crippen LogP contribution in [0.3, 0.4) is 0 Å². The van der Waals surface area contributed by atoms with Gasteiger partial charge in [0, 0.05) is 16.7 Å². The Hall–Kier alpha value is -2.25. The van der Waals surface area contributed by atoms with Crippen LogP contribution in [0.25, 0.3) is 16.9 Å². The van der Waals surface area contributed by atoms with Crippen molar-refractivity contribution in [2.75, 3.05) is 0 Å². The number of nitrogens with zero attached hydrogens (tertiary/aromatic N) is 2. The Morgan fingerprint density at radius 3 is 1.24 bits per heavy atom. The van der Waals surface area contributed by atoms with E-state index in [1.807, 2.05) is 14.4 Å². The summed E-state index contributed by atoms with van der Waals surface area (Å²) in [5.74, 6) is 0. The summed E-state index contributed by atoms with van der Waals surface area (Å²) in [7, 11) is 0. The molecule has 3 rings (SSSR count). The van der Waals surface area contributed by atoms with E-state index in [4.69, 9.17) is 0 Å². The van der Waals surface area contributed by atoms with Crippen LogP contribution in [0.15, 0.2) is 71.8 Å². The van der Waals surface area contributed by atoms with Crippen molar-refractivity contribution in [3.63, 3.8) is 0 Å². The molecule has 0 amide bonds. The molecular weight excluding hydrogens is 915 g/mol. The number of hydrogen-bond acceptors (Lipinski definition) is 0. The molecule has 3 heteroatoms. The first-order valence-electron chi connectivity index (χ1n) is 31.8. The topological polar surface area (TPSA) is 25.3 Å². The van der Waals surface area contributed by atoms with Gasteiger partial charge in [-0.2, -0.15) is 0 Å². The Morgan fingerprint density at radius 2 is 0.792 bits per heavy atom. The number of benzene rings is 2. The molecule has 1 aliphatic rings. The molecule has 0 aliphatic carbocycles. The van der Waals surface area contributed by atoms with Crippen LogP contribution in [-0.2, 0) is 27.3 Å². The molecule has 1 heterocycles. The molecule has 0 spiro atoms. The van der Waals surface area contributed by atoms with E-state index in [-0.39, 0.29) is 0 Å². The van der Waals surface area contributed by atoms with E-state index in [1.165, 1.54) is 282 Å². The molecule has 0 bridgehead atoms. The van der Waals surface area contributed by atoms with Gasteiger partial charge in [0.15, 0.2) is 0 Å². The smallest absolute Gasteiger partial charge is 0.0654 e. The maximum absolute atomic E-state index is 12.0. The van der Waals surface area contributed by atoms with Crippen molar-refractivity contribution in [2.45, 2.75) is 328 Å². The molecule has 0 N–H and O–H groups in total. The molecule has 0 radical (unpaired) electrons. The first-order chi connectivity index (χ1) is 35.6. The second kappa shape index (κ2) is 48.4. The minimum absolute atomic E-state index is 0.944. The molecule has 1 aliphatic heterocycles. The third-order valence-electron chi connectivity index (χ3n) is 15.1. The van der Waals surface area contributed by atoms with Crippen molar-refractivity contribution in [2.24, 2.45) is 0 Å². The molecule has 2 aromatic rings. The van der Waals surface area contributed by atoms with Crippen molar-refractivity contribution < 1.29 is 19.1 Å². The summed E-state index contributed by atoms with van der Waals surface area (Å²) in [6, 6.07) is 17.9. The minimum Gasteiger partial charge on any atom is -0.0654 e. The summed E-state index contributed by atoms with van der Waals surface area (Å²) in [5, 5.41) is 2.86. The van der Waals surface area contributed by atoms with Crippen LogP contribution in [0.5, 0.6) is 0 Å². The molecule has 2 aromatic carbocycles. The van der Waals surface area contributed by atoms with E-state index < -0.39 is 0 Å². The monoisotopic (exact) mass is 1030 g/mol. The molecule has 414 valence electrons. The fraction of sp³-hybridized carbons (Fsp3) is 0.739. The van der Waals surface area contributed by atoms with Crippen LogP contribution in [0.2, 0.25) is 10.8 Å². The Balaban J connectivity index is 0.000000564. The van der Waals surface area contributed by atoms with E-state index in [9.17, 15) is 5.53 Å². The molecule has 0 fully saturated rings. The second-order valence-corrected chi connectivity index (χ2v) is 23.3. The van der Waals surface area contributed by atoms with Crippen molar-refractivity contribution >= 4 is 11.4 Å². The molecule has 0 atom stereocenters. The van der Waals surface area contributed by atoms with Gasteiger partial charge in [-0.15, -0.1) is 0 Å². The first-order valence-corrected chi connectivity index (χ1v) is 33.2. The average Bonchev–Trinajstić information content (AvgIpc) is 3.68. The Labute approximate surface area is 456 Å². The standard InChI is InChI=1S/C43H64N2.2C13H27.Ni/c1-5-9-12-15-18-21-24-30-41-40(29-23-20-17-14-11-7-3)42(45(44)43(41)39-28-25-27-36(8-4)35-39)38-33-31-37(32-34-38)26-22-19-16-13-10-6-2;2*1-3-5-7-9-11-13-12-10-8-6-4-2;/h24-25,27-28,30-35H,5-23,26,29H2,1-4H3;2*1,3-13H2,2H3;. The quantitative estimate of drug-likeness (QED) is 0.0359. The Morgan fingerprint density at radius 1 is 0.389 bits per heavy atom. The average molecular weight is 1030 g/mol. The van der Waals surface area contributed by atoms with Gasteiger partial charge < -0.3 is 5.53 Å². The number of unbranched alkanes of at least 4 members (excludes halogenated alkanes) is 35. The zero-order valence-electron chi connectivity index (χ0n) is 48.8. The van der Waals surface area contributed by atoms with Crippen LogP contribution in [0, 0.1) is 0 Å². The van der Waals surface area contributed by atoms with Gasteiger partial charge in [0.05, 0.1) is 5.57 Å². The predicted molar refractivity (Wildman–Crippen MR) is 320 cm³/mol. The summed E-state index contributed by atoms with van der Waals surface area (Å²) in [6.07, 6.45) is 63.2. The van der Waals surface area contributed by atoms with Crippen LogP contribution in [0.4, 0.5) is 0 Å². The molecular formula is C69H118N2Ni. The van der Waals surface area contributed by atoms with Crippen LogP contribution < -0.4 is 0 Å². The zero-order valence-corrected chi connectivity index (χ0v) is 49.8. The van der Waals surface area contributed by atoms with Crippen LogP contribution >= 0.6 is 0 Å². The number of allylic oxidation sites excluding steroid dienone is 4. The molecule has 72 heavy (non-hydrogen) atoms. The van der Waals surface area contributed by atoms with Crippen molar-refractivity contribution in [3.05, 3.63) is 99.6 Å². The van der Waals surface area contributed by atoms with E-state index in [0.29, 0.717) is 0 Å². The van der Waals surface area contributed by atoms with Gasteiger partial charge in [-0.3, -0.25) is 0 Å². The summed E-state index contributed by atoms with van der Waals surface area (Å²) >= 11 is 2.03. The molecule has 0 saturated carbocycles. The van der Waals surface area contributed by atoms with Gasteiger partial charge in [-0.25, -0.2) is 4.70 Å². The van der Waals surface area contributed by atoms with E-state index in [0.717, 1.165) is 54.6 Å². The molecule has 2 nitrogen and oxygen atoms in total. The van der Waals surface area contributed by atoms with E-state index in [2.05, 4.69) is 102 Å². The van der Waals surface area contributed by atoms with Gasteiger partial charge in [-0.1, -0.05) is 168 Å². The van der Waals surface area contributed by atoms with E-state index in [1.54, 1.807) is 0 Å². The predicted octanol–water partition coefficient (Wildman–Crippen LogP) is 24.5. The van der Waals surface area contributed by atoms with Gasteiger partial charge >= 0.3 is 166 Å². The minimum atomic E-state index is 0.944. The van der Waals surface area contributed by atoms with Gasteiger partial charge in [-0.05, 0) is 80.3 Å². The first kappa shape index (κ1) is 65.9. The fourth-order valence-electron chi connectivity index (χ4n) is 10.4. The van der Waals surface area contributed by atoms with E-state index >= 15 is 0 Å². The van der Waals surface area contributed by atoms with Crippen molar-refractivity contribution in [1.29, 1.82) is 0 Å². The molecule has 0 aromatic heterocycles. The summed E-state index contributed by atoms with van der Waals surface area (Å²) in [5.41, 5.74) is 21.4. The van der Waals surface area contributed by atoms with Crippen molar-refractivity contribution in [1.82, 2.24) is 0 Å². The normalized spacial score (nSPS) is 12.8. The number of hydrogen-bond donors (Lipinski definition) is 0. The SMILES string of the molecule is CCCCCCCC=CC1=C(c2cccc(CC)c2)[N+](=[N-])C(c2ccc(CCCCCCCC)cc2)=C1CCCCCCCC.CCCCCCCCCCCC[CH2][Ni][CH2]CCCCCCCCCCCC. The Kier molecular flexibility index (Phi) is 44.3. The van der Waals surface area contributed by atoms with Gasteiger partial charge in [0.1, 0.15) is 0 Å². The maximum atomic E-state index is 12.0. The zero-order chi connectivity index (χ0) is 51.8. The van der Waals surface area contributed by atoms with Crippen molar-refractivity contribution in [3.8, 4) is 0 Å². The summed E-state index contributed by atoms with van der Waals surface area (Å²) < 4.78 is 1.53. The second-order valence-electron chi connectivity index (χ2n) is 21.8. The third kappa shape index (κ3) is 32.3. The van der Waals surface area contributed by atoms with Crippen LogP contribution in [-0.4, -0.2) is 4.70 Å². The molecule has 0 saturated heterocycles. The summed E-state index contributed by atoms with van der Waals surface area (Å²) in [6.45, 7) is 13.7.